The zero-order chi connectivity index (χ0) is 14.5. The van der Waals surface area contributed by atoms with E-state index in [1.165, 1.54) is 0 Å². The molecule has 0 aromatic heterocycles. The van der Waals surface area contributed by atoms with Crippen LogP contribution < -0.4 is 0 Å². The minimum atomic E-state index is -0.561. The van der Waals surface area contributed by atoms with Crippen molar-refractivity contribution in [2.75, 3.05) is 6.61 Å². The van der Waals surface area contributed by atoms with Crippen molar-refractivity contribution in [3.05, 3.63) is 0 Å². The molecule has 4 nitrogen and oxygen atoms in total. The molecule has 20 heavy (non-hydrogen) atoms. The van der Waals surface area contributed by atoms with Crippen molar-refractivity contribution in [2.45, 2.75) is 64.6 Å². The van der Waals surface area contributed by atoms with E-state index in [1.54, 1.807) is 0 Å². The van der Waals surface area contributed by atoms with Crippen LogP contribution in [0.2, 0.25) is 0 Å². The molecular formula is C16H26O4. The molecule has 4 fully saturated rings. The molecule has 4 bridgehead atoms. The number of carbonyl (C=O) groups is 1. The highest BCUT2D eigenvalue weighted by Gasteiger charge is 2.55. The predicted octanol–water partition coefficient (Wildman–Crippen LogP) is 3.13. The lowest BCUT2D eigenvalue weighted by Gasteiger charge is -2.58. The van der Waals surface area contributed by atoms with Gasteiger partial charge in [0.05, 0.1) is 6.10 Å². The van der Waals surface area contributed by atoms with Gasteiger partial charge in [-0.1, -0.05) is 0 Å². The lowest BCUT2D eigenvalue weighted by Crippen LogP contribution is -2.55. The molecule has 1 N–H and O–H groups in total. The van der Waals surface area contributed by atoms with Crippen LogP contribution in [-0.2, 0) is 9.47 Å². The summed E-state index contributed by atoms with van der Waals surface area (Å²) in [5.41, 5.74) is -0.401. The summed E-state index contributed by atoms with van der Waals surface area (Å²) in [6.45, 7) is 5.98. The minimum absolute atomic E-state index is 0.104. The van der Waals surface area contributed by atoms with Gasteiger partial charge in [-0.05, 0) is 70.6 Å². The molecule has 0 amide bonds. The van der Waals surface area contributed by atoms with Crippen LogP contribution in [0.5, 0.6) is 0 Å². The first-order valence-corrected chi connectivity index (χ1v) is 7.80. The van der Waals surface area contributed by atoms with Crippen LogP contribution in [0.4, 0.5) is 4.79 Å². The number of hydrogen-bond donors (Lipinski definition) is 1. The van der Waals surface area contributed by atoms with Gasteiger partial charge in [-0.3, -0.25) is 0 Å². The highest BCUT2D eigenvalue weighted by Crippen LogP contribution is 2.60. The second-order valence-electron chi connectivity index (χ2n) is 8.21. The van der Waals surface area contributed by atoms with E-state index in [0.717, 1.165) is 38.0 Å². The molecule has 4 heteroatoms. The Hall–Kier alpha value is -0.770. The molecule has 0 aromatic carbocycles. The van der Waals surface area contributed by atoms with Crippen molar-refractivity contribution >= 4 is 6.16 Å². The Balaban J connectivity index is 1.59. The molecule has 0 spiro atoms. The first-order chi connectivity index (χ1) is 9.26. The van der Waals surface area contributed by atoms with Crippen LogP contribution in [0, 0.1) is 23.2 Å². The van der Waals surface area contributed by atoms with E-state index >= 15 is 0 Å². The zero-order valence-corrected chi connectivity index (χ0v) is 12.7. The molecule has 4 rings (SSSR count). The molecule has 2 atom stereocenters. The van der Waals surface area contributed by atoms with Crippen molar-refractivity contribution in [1.29, 1.82) is 0 Å². The summed E-state index contributed by atoms with van der Waals surface area (Å²) in [5.74, 6) is 1.56. The molecule has 2 unspecified atom stereocenters. The van der Waals surface area contributed by atoms with E-state index in [0.29, 0.717) is 18.4 Å². The molecule has 4 aliphatic carbocycles. The zero-order valence-electron chi connectivity index (χ0n) is 12.7. The Morgan fingerprint density at radius 1 is 1.20 bits per heavy atom. The fourth-order valence-corrected chi connectivity index (χ4v) is 4.83. The SMILES string of the molecule is CC(C)(C)OC(=O)OCC12CC3CC(C1)C(O)C(C3)C2. The summed E-state index contributed by atoms with van der Waals surface area (Å²) >= 11 is 0. The van der Waals surface area contributed by atoms with Crippen molar-refractivity contribution in [3.63, 3.8) is 0 Å². The van der Waals surface area contributed by atoms with Crippen LogP contribution in [0.1, 0.15) is 52.9 Å². The molecule has 0 aromatic rings. The molecule has 114 valence electrons. The molecule has 0 radical (unpaired) electrons. The lowest BCUT2D eigenvalue weighted by molar-refractivity contribution is -0.152. The highest BCUT2D eigenvalue weighted by molar-refractivity contribution is 5.60. The largest absolute Gasteiger partial charge is 0.508 e. The second-order valence-corrected chi connectivity index (χ2v) is 8.21. The van der Waals surface area contributed by atoms with Gasteiger partial charge in [0.2, 0.25) is 0 Å². The summed E-state index contributed by atoms with van der Waals surface area (Å²) in [4.78, 5) is 11.7. The Labute approximate surface area is 120 Å². The van der Waals surface area contributed by atoms with Crippen LogP contribution in [0.15, 0.2) is 0 Å². The summed E-state index contributed by atoms with van der Waals surface area (Å²) in [6.07, 6.45) is 4.79. The Morgan fingerprint density at radius 3 is 2.35 bits per heavy atom. The maximum Gasteiger partial charge on any atom is 0.508 e. The van der Waals surface area contributed by atoms with Gasteiger partial charge in [0.25, 0.3) is 0 Å². The number of carbonyl (C=O) groups excluding carboxylic acids is 1. The monoisotopic (exact) mass is 282 g/mol. The van der Waals surface area contributed by atoms with Crippen molar-refractivity contribution < 1.29 is 19.4 Å². The Kier molecular flexibility index (Phi) is 3.27. The minimum Gasteiger partial charge on any atom is -0.434 e. The van der Waals surface area contributed by atoms with E-state index < -0.39 is 11.8 Å². The maximum absolute atomic E-state index is 11.7. The molecule has 0 heterocycles. The van der Waals surface area contributed by atoms with Crippen LogP contribution in [0.3, 0.4) is 0 Å². The quantitative estimate of drug-likeness (QED) is 0.791. The third kappa shape index (κ3) is 2.67. The van der Waals surface area contributed by atoms with Crippen LogP contribution in [0.25, 0.3) is 0 Å². The number of aliphatic hydroxyl groups is 1. The van der Waals surface area contributed by atoms with Gasteiger partial charge >= 0.3 is 6.16 Å². The molecular weight excluding hydrogens is 256 g/mol. The van der Waals surface area contributed by atoms with Crippen molar-refractivity contribution in [1.82, 2.24) is 0 Å². The van der Waals surface area contributed by atoms with E-state index in [9.17, 15) is 9.90 Å². The number of rotatable bonds is 2. The Bertz CT molecular complexity index is 382. The summed E-state index contributed by atoms with van der Waals surface area (Å²) in [6, 6.07) is 0. The lowest BCUT2D eigenvalue weighted by atomic mass is 9.49. The standard InChI is InChI=1S/C16H26O4/c1-15(2,3)20-14(18)19-9-16-6-10-4-11(7-16)13(17)12(5-10)8-16/h10-13,17H,4-9H2,1-3H3. The normalized spacial score (nSPS) is 42.6. The second kappa shape index (κ2) is 4.62. The van der Waals surface area contributed by atoms with Crippen molar-refractivity contribution in [2.24, 2.45) is 23.2 Å². The van der Waals surface area contributed by atoms with Crippen molar-refractivity contribution in [3.8, 4) is 0 Å². The van der Waals surface area contributed by atoms with Gasteiger partial charge in [-0.15, -0.1) is 0 Å². The molecule has 4 saturated carbocycles. The van der Waals surface area contributed by atoms with E-state index in [1.807, 2.05) is 20.8 Å². The number of hydrogen-bond acceptors (Lipinski definition) is 4. The Morgan fingerprint density at radius 2 is 1.80 bits per heavy atom. The van der Waals surface area contributed by atoms with Gasteiger partial charge < -0.3 is 14.6 Å². The van der Waals surface area contributed by atoms with E-state index in [4.69, 9.17) is 9.47 Å². The van der Waals surface area contributed by atoms with E-state index in [-0.39, 0.29) is 11.5 Å². The average molecular weight is 282 g/mol. The number of ether oxygens (including phenoxy) is 2. The van der Waals surface area contributed by atoms with Gasteiger partial charge in [0.15, 0.2) is 0 Å². The van der Waals surface area contributed by atoms with Crippen LogP contribution >= 0.6 is 0 Å². The summed E-state index contributed by atoms with van der Waals surface area (Å²) < 4.78 is 10.6. The maximum atomic E-state index is 11.7. The highest BCUT2D eigenvalue weighted by atomic mass is 16.7. The summed E-state index contributed by atoms with van der Waals surface area (Å²) in [5, 5.41) is 10.2. The molecule has 0 aliphatic heterocycles. The first-order valence-electron chi connectivity index (χ1n) is 7.80. The third-order valence-corrected chi connectivity index (χ3v) is 5.24. The van der Waals surface area contributed by atoms with Gasteiger partial charge in [-0.25, -0.2) is 4.79 Å². The average Bonchev–Trinajstić information content (AvgIpc) is 2.30. The number of aliphatic hydroxyl groups excluding tert-OH is 1. The van der Waals surface area contributed by atoms with E-state index in [2.05, 4.69) is 0 Å². The predicted molar refractivity (Wildman–Crippen MR) is 74.2 cm³/mol. The smallest absolute Gasteiger partial charge is 0.434 e. The third-order valence-electron chi connectivity index (χ3n) is 5.24. The van der Waals surface area contributed by atoms with Gasteiger partial charge in [-0.2, -0.15) is 0 Å². The first kappa shape index (κ1) is 14.2. The fourth-order valence-electron chi connectivity index (χ4n) is 4.83. The fraction of sp³-hybridized carbons (Fsp3) is 0.938. The van der Waals surface area contributed by atoms with Gasteiger partial charge in [0, 0.05) is 5.41 Å². The molecule has 4 aliphatic rings. The van der Waals surface area contributed by atoms with Gasteiger partial charge in [0.1, 0.15) is 12.2 Å². The summed E-state index contributed by atoms with van der Waals surface area (Å²) in [7, 11) is 0. The topological polar surface area (TPSA) is 55.8 Å². The van der Waals surface area contributed by atoms with Crippen LogP contribution in [-0.4, -0.2) is 29.6 Å². The molecule has 0 saturated heterocycles.